The number of pyridine rings is 1. The van der Waals surface area contributed by atoms with Crippen LogP contribution in [0.4, 0.5) is 5.69 Å². The van der Waals surface area contributed by atoms with Gasteiger partial charge in [-0.2, -0.15) is 0 Å². The van der Waals surface area contributed by atoms with E-state index in [2.05, 4.69) is 46.8 Å². The molecule has 1 aromatic carbocycles. The Labute approximate surface area is 150 Å². The summed E-state index contributed by atoms with van der Waals surface area (Å²) in [6, 6.07) is 6.50. The highest BCUT2D eigenvalue weighted by Gasteiger charge is 2.19. The van der Waals surface area contributed by atoms with Crippen LogP contribution >= 0.6 is 0 Å². The minimum atomic E-state index is 0.175. The van der Waals surface area contributed by atoms with Gasteiger partial charge in [0.2, 0.25) is 5.91 Å². The fraction of sp³-hybridized carbons (Fsp3) is 0.500. The SMILES string of the molecule is Cc1ccc2c(N3CCCN(CC(=O)N(C)C)CC3)ccnc2c1C. The van der Waals surface area contributed by atoms with Crippen molar-refractivity contribution in [2.45, 2.75) is 20.3 Å². The van der Waals surface area contributed by atoms with Crippen LogP contribution in [0, 0.1) is 13.8 Å². The summed E-state index contributed by atoms with van der Waals surface area (Å²) in [6.45, 7) is 8.62. The fourth-order valence-corrected chi connectivity index (χ4v) is 3.42. The largest absolute Gasteiger partial charge is 0.370 e. The van der Waals surface area contributed by atoms with Gasteiger partial charge in [-0.3, -0.25) is 14.7 Å². The monoisotopic (exact) mass is 340 g/mol. The summed E-state index contributed by atoms with van der Waals surface area (Å²) in [5, 5.41) is 1.23. The van der Waals surface area contributed by atoms with E-state index >= 15 is 0 Å². The van der Waals surface area contributed by atoms with Gasteiger partial charge in [-0.1, -0.05) is 12.1 Å². The van der Waals surface area contributed by atoms with Gasteiger partial charge in [0.15, 0.2) is 0 Å². The summed E-state index contributed by atoms with van der Waals surface area (Å²) >= 11 is 0. The molecule has 5 nitrogen and oxygen atoms in total. The first-order chi connectivity index (χ1) is 12.0. The lowest BCUT2D eigenvalue weighted by molar-refractivity contribution is -0.129. The van der Waals surface area contributed by atoms with Crippen molar-refractivity contribution < 1.29 is 4.79 Å². The third-order valence-corrected chi connectivity index (χ3v) is 5.20. The molecule has 0 N–H and O–H groups in total. The Balaban J connectivity index is 1.80. The van der Waals surface area contributed by atoms with Gasteiger partial charge in [-0.25, -0.2) is 0 Å². The number of benzene rings is 1. The zero-order valence-electron chi connectivity index (χ0n) is 15.7. The molecule has 1 fully saturated rings. The number of carbonyl (C=O) groups excluding carboxylic acids is 1. The molecule has 1 aliphatic rings. The molecule has 2 heterocycles. The molecule has 3 rings (SSSR count). The van der Waals surface area contributed by atoms with Gasteiger partial charge >= 0.3 is 0 Å². The number of aromatic nitrogens is 1. The highest BCUT2D eigenvalue weighted by Crippen LogP contribution is 2.29. The number of anilines is 1. The molecular formula is C20H28N4O. The van der Waals surface area contributed by atoms with E-state index in [1.54, 1.807) is 4.90 Å². The minimum Gasteiger partial charge on any atom is -0.370 e. The van der Waals surface area contributed by atoms with Crippen molar-refractivity contribution in [3.63, 3.8) is 0 Å². The van der Waals surface area contributed by atoms with E-state index < -0.39 is 0 Å². The molecule has 5 heteroatoms. The summed E-state index contributed by atoms with van der Waals surface area (Å²) < 4.78 is 0. The first-order valence-electron chi connectivity index (χ1n) is 8.99. The van der Waals surface area contributed by atoms with E-state index in [0.29, 0.717) is 6.54 Å². The molecule has 0 bridgehead atoms. The van der Waals surface area contributed by atoms with Crippen LogP contribution in [0.1, 0.15) is 17.5 Å². The highest BCUT2D eigenvalue weighted by atomic mass is 16.2. The molecule has 1 aromatic heterocycles. The maximum atomic E-state index is 12.0. The number of likely N-dealkylation sites (N-methyl/N-ethyl adjacent to an activating group) is 1. The lowest BCUT2D eigenvalue weighted by atomic mass is 10.0. The molecule has 0 saturated carbocycles. The Hall–Kier alpha value is -2.14. The van der Waals surface area contributed by atoms with E-state index in [4.69, 9.17) is 0 Å². The van der Waals surface area contributed by atoms with E-state index in [0.717, 1.165) is 38.1 Å². The minimum absolute atomic E-state index is 0.175. The second kappa shape index (κ2) is 7.40. The average Bonchev–Trinajstić information content (AvgIpc) is 2.83. The molecule has 0 radical (unpaired) electrons. The molecule has 1 saturated heterocycles. The first kappa shape index (κ1) is 17.7. The number of hydrogen-bond donors (Lipinski definition) is 0. The predicted molar refractivity (Wildman–Crippen MR) is 103 cm³/mol. The van der Waals surface area contributed by atoms with Crippen molar-refractivity contribution in [3.05, 3.63) is 35.5 Å². The van der Waals surface area contributed by atoms with Gasteiger partial charge in [0, 0.05) is 57.5 Å². The predicted octanol–water partition coefficient (Wildman–Crippen LogP) is 2.45. The van der Waals surface area contributed by atoms with Crippen molar-refractivity contribution in [1.82, 2.24) is 14.8 Å². The van der Waals surface area contributed by atoms with Crippen molar-refractivity contribution in [3.8, 4) is 0 Å². The maximum absolute atomic E-state index is 12.0. The van der Waals surface area contributed by atoms with Crippen LogP contribution < -0.4 is 4.90 Å². The number of carbonyl (C=O) groups is 1. The van der Waals surface area contributed by atoms with Crippen molar-refractivity contribution in [2.24, 2.45) is 0 Å². The Morgan fingerprint density at radius 2 is 1.92 bits per heavy atom. The van der Waals surface area contributed by atoms with E-state index in [-0.39, 0.29) is 5.91 Å². The standard InChI is InChI=1S/C20H28N4O/c1-15-6-7-17-18(8-9-21-20(17)16(15)2)24-11-5-10-23(12-13-24)14-19(25)22(3)4/h6-9H,5,10-14H2,1-4H3. The summed E-state index contributed by atoms with van der Waals surface area (Å²) in [6.07, 6.45) is 2.98. The van der Waals surface area contributed by atoms with Crippen molar-refractivity contribution in [1.29, 1.82) is 0 Å². The number of rotatable bonds is 3. The topological polar surface area (TPSA) is 39.7 Å². The Morgan fingerprint density at radius 3 is 2.68 bits per heavy atom. The molecule has 25 heavy (non-hydrogen) atoms. The molecule has 1 aliphatic heterocycles. The van der Waals surface area contributed by atoms with Gasteiger partial charge in [-0.05, 0) is 37.5 Å². The van der Waals surface area contributed by atoms with Gasteiger partial charge in [-0.15, -0.1) is 0 Å². The Kier molecular flexibility index (Phi) is 5.23. The third kappa shape index (κ3) is 3.76. The zero-order valence-corrected chi connectivity index (χ0v) is 15.7. The summed E-state index contributed by atoms with van der Waals surface area (Å²) in [5.41, 5.74) is 4.89. The second-order valence-electron chi connectivity index (χ2n) is 7.14. The number of hydrogen-bond acceptors (Lipinski definition) is 4. The normalized spacial score (nSPS) is 16.1. The van der Waals surface area contributed by atoms with Crippen LogP contribution in [-0.4, -0.2) is 67.5 Å². The fourth-order valence-electron chi connectivity index (χ4n) is 3.42. The molecular weight excluding hydrogens is 312 g/mol. The molecule has 0 spiro atoms. The molecule has 0 atom stereocenters. The zero-order chi connectivity index (χ0) is 18.0. The quantitative estimate of drug-likeness (QED) is 0.860. The summed E-state index contributed by atoms with van der Waals surface area (Å²) in [5.74, 6) is 0.175. The summed E-state index contributed by atoms with van der Waals surface area (Å²) in [4.78, 5) is 23.0. The van der Waals surface area contributed by atoms with Crippen LogP contribution in [-0.2, 0) is 4.79 Å². The molecule has 2 aromatic rings. The van der Waals surface area contributed by atoms with Crippen LogP contribution in [0.25, 0.3) is 10.9 Å². The van der Waals surface area contributed by atoms with Crippen molar-refractivity contribution in [2.75, 3.05) is 51.7 Å². The number of nitrogens with zero attached hydrogens (tertiary/aromatic N) is 4. The van der Waals surface area contributed by atoms with E-state index in [1.807, 2.05) is 20.3 Å². The molecule has 0 unspecified atom stereocenters. The lowest BCUT2D eigenvalue weighted by Gasteiger charge is -2.25. The molecule has 0 aliphatic carbocycles. The number of fused-ring (bicyclic) bond motifs is 1. The molecule has 1 amide bonds. The second-order valence-corrected chi connectivity index (χ2v) is 7.14. The van der Waals surface area contributed by atoms with Gasteiger partial charge < -0.3 is 9.80 Å². The van der Waals surface area contributed by atoms with Crippen LogP contribution in [0.3, 0.4) is 0 Å². The number of amides is 1. The van der Waals surface area contributed by atoms with E-state index in [1.165, 1.54) is 22.2 Å². The third-order valence-electron chi connectivity index (χ3n) is 5.20. The maximum Gasteiger partial charge on any atom is 0.236 e. The van der Waals surface area contributed by atoms with E-state index in [9.17, 15) is 4.79 Å². The first-order valence-corrected chi connectivity index (χ1v) is 8.99. The van der Waals surface area contributed by atoms with Gasteiger partial charge in [0.25, 0.3) is 0 Å². The smallest absolute Gasteiger partial charge is 0.236 e. The highest BCUT2D eigenvalue weighted by molar-refractivity contribution is 5.94. The van der Waals surface area contributed by atoms with Crippen LogP contribution in [0.5, 0.6) is 0 Å². The van der Waals surface area contributed by atoms with Crippen LogP contribution in [0.15, 0.2) is 24.4 Å². The Morgan fingerprint density at radius 1 is 1.12 bits per heavy atom. The number of aryl methyl sites for hydroxylation is 2. The van der Waals surface area contributed by atoms with Gasteiger partial charge in [0.05, 0.1) is 12.1 Å². The molecule has 134 valence electrons. The van der Waals surface area contributed by atoms with Crippen LogP contribution in [0.2, 0.25) is 0 Å². The average molecular weight is 340 g/mol. The Bertz CT molecular complexity index is 772. The van der Waals surface area contributed by atoms with Crippen molar-refractivity contribution >= 4 is 22.5 Å². The lowest BCUT2D eigenvalue weighted by Crippen LogP contribution is -2.38. The summed E-state index contributed by atoms with van der Waals surface area (Å²) in [7, 11) is 3.64. The van der Waals surface area contributed by atoms with Gasteiger partial charge in [0.1, 0.15) is 0 Å².